The van der Waals surface area contributed by atoms with E-state index in [0.717, 1.165) is 28.7 Å². The monoisotopic (exact) mass is 218 g/mol. The van der Waals surface area contributed by atoms with Crippen LogP contribution in [0.3, 0.4) is 0 Å². The molecule has 2 aromatic rings. The lowest BCUT2D eigenvalue weighted by Gasteiger charge is -2.05. The molecule has 0 saturated heterocycles. The fourth-order valence-corrected chi connectivity index (χ4v) is 1.96. The van der Waals surface area contributed by atoms with E-state index in [1.807, 2.05) is 25.1 Å². The molecule has 0 N–H and O–H groups in total. The normalized spacial score (nSPS) is 10.6. The molecule has 2 rings (SSSR count). The summed E-state index contributed by atoms with van der Waals surface area (Å²) in [6, 6.07) is 10.2. The first kappa shape index (κ1) is 10.3. The Kier molecular flexibility index (Phi) is 2.82. The fourth-order valence-electron chi connectivity index (χ4n) is 1.67. The van der Waals surface area contributed by atoms with Crippen molar-refractivity contribution in [1.29, 1.82) is 0 Å². The molecule has 0 fully saturated rings. The minimum Gasteiger partial charge on any atom is -0.319 e. The maximum absolute atomic E-state index is 4.54. The lowest BCUT2D eigenvalue weighted by molar-refractivity contribution is 0.707. The lowest BCUT2D eigenvalue weighted by atomic mass is 10.2. The largest absolute Gasteiger partial charge is 0.319 e. The van der Waals surface area contributed by atoms with Crippen LogP contribution >= 0.6 is 12.6 Å². The van der Waals surface area contributed by atoms with E-state index in [0.29, 0.717) is 0 Å². The van der Waals surface area contributed by atoms with Gasteiger partial charge in [-0.15, -0.1) is 12.6 Å². The Hall–Kier alpha value is -1.22. The predicted octanol–water partition coefficient (Wildman–Crippen LogP) is 3.17. The van der Waals surface area contributed by atoms with Gasteiger partial charge in [-0.2, -0.15) is 0 Å². The summed E-state index contributed by atoms with van der Waals surface area (Å²) in [5, 5.41) is 0.955. The molecule has 1 aromatic heterocycles. The third-order valence-corrected chi connectivity index (χ3v) is 3.02. The molecule has 0 aliphatic carbocycles. The third kappa shape index (κ3) is 1.79. The van der Waals surface area contributed by atoms with E-state index in [9.17, 15) is 0 Å². The zero-order valence-corrected chi connectivity index (χ0v) is 9.83. The van der Waals surface area contributed by atoms with Gasteiger partial charge in [0.15, 0.2) is 0 Å². The van der Waals surface area contributed by atoms with Gasteiger partial charge >= 0.3 is 0 Å². The smallest absolute Gasteiger partial charge is 0.141 e. The van der Waals surface area contributed by atoms with Crippen molar-refractivity contribution in [2.75, 3.05) is 0 Å². The highest BCUT2D eigenvalue weighted by molar-refractivity contribution is 7.80. The molecule has 78 valence electrons. The minimum atomic E-state index is 0.893. The number of rotatable bonds is 2. The second-order valence-corrected chi connectivity index (χ2v) is 3.88. The van der Waals surface area contributed by atoms with Gasteiger partial charge in [-0.1, -0.05) is 30.3 Å². The predicted molar refractivity (Wildman–Crippen MR) is 65.3 cm³/mol. The van der Waals surface area contributed by atoms with Gasteiger partial charge in [-0.05, 0) is 13.8 Å². The van der Waals surface area contributed by atoms with Crippen molar-refractivity contribution in [1.82, 2.24) is 9.55 Å². The molecule has 1 aromatic carbocycles. The Bertz CT molecular complexity index is 460. The van der Waals surface area contributed by atoms with Crippen LogP contribution < -0.4 is 0 Å². The molecule has 3 heteroatoms. The number of aromatic nitrogens is 2. The van der Waals surface area contributed by atoms with E-state index in [2.05, 4.69) is 41.2 Å². The number of hydrogen-bond acceptors (Lipinski definition) is 2. The van der Waals surface area contributed by atoms with Crippen molar-refractivity contribution >= 4 is 12.6 Å². The summed E-state index contributed by atoms with van der Waals surface area (Å²) < 4.78 is 2.12. The second kappa shape index (κ2) is 4.11. The highest BCUT2D eigenvalue weighted by Gasteiger charge is 2.11. The van der Waals surface area contributed by atoms with Crippen molar-refractivity contribution < 1.29 is 0 Å². The van der Waals surface area contributed by atoms with Gasteiger partial charge in [0.1, 0.15) is 5.82 Å². The van der Waals surface area contributed by atoms with E-state index in [1.165, 1.54) is 0 Å². The van der Waals surface area contributed by atoms with Gasteiger partial charge in [0.05, 0.1) is 10.7 Å². The van der Waals surface area contributed by atoms with Crippen LogP contribution in [0.5, 0.6) is 0 Å². The Balaban J connectivity index is 2.58. The summed E-state index contributed by atoms with van der Waals surface area (Å²) in [5.41, 5.74) is 2.13. The van der Waals surface area contributed by atoms with E-state index in [4.69, 9.17) is 0 Å². The molecule has 0 amide bonds. The van der Waals surface area contributed by atoms with Gasteiger partial charge in [-0.3, -0.25) is 0 Å². The highest BCUT2D eigenvalue weighted by Crippen LogP contribution is 2.23. The Morgan fingerprint density at radius 2 is 1.93 bits per heavy atom. The zero-order valence-electron chi connectivity index (χ0n) is 8.94. The summed E-state index contributed by atoms with van der Waals surface area (Å²) in [6.45, 7) is 4.98. The molecule has 0 atom stereocenters. The van der Waals surface area contributed by atoms with Gasteiger partial charge in [0, 0.05) is 12.1 Å². The van der Waals surface area contributed by atoms with Crippen LogP contribution in [0, 0.1) is 6.92 Å². The van der Waals surface area contributed by atoms with Crippen LogP contribution in [0.4, 0.5) is 0 Å². The Morgan fingerprint density at radius 1 is 1.27 bits per heavy atom. The summed E-state index contributed by atoms with van der Waals surface area (Å²) in [6.07, 6.45) is 0. The van der Waals surface area contributed by atoms with Crippen LogP contribution in [-0.2, 0) is 6.54 Å². The molecule has 1 heterocycles. The van der Waals surface area contributed by atoms with Crippen LogP contribution in [-0.4, -0.2) is 9.55 Å². The quantitative estimate of drug-likeness (QED) is 0.767. The van der Waals surface area contributed by atoms with E-state index in [1.54, 1.807) is 0 Å². The molecule has 0 saturated carbocycles. The number of benzene rings is 1. The van der Waals surface area contributed by atoms with Crippen LogP contribution in [0.15, 0.2) is 35.4 Å². The van der Waals surface area contributed by atoms with Crippen molar-refractivity contribution in [3.63, 3.8) is 0 Å². The summed E-state index contributed by atoms with van der Waals surface area (Å²) in [7, 11) is 0. The molecule has 2 nitrogen and oxygen atoms in total. The van der Waals surface area contributed by atoms with Gasteiger partial charge < -0.3 is 4.57 Å². The molecule has 0 bridgehead atoms. The van der Waals surface area contributed by atoms with Crippen molar-refractivity contribution in [2.45, 2.75) is 25.4 Å². The number of aryl methyl sites for hydroxylation is 1. The molecule has 0 unspecified atom stereocenters. The lowest BCUT2D eigenvalue weighted by Crippen LogP contribution is -1.97. The average Bonchev–Trinajstić information content (AvgIpc) is 2.56. The first-order valence-electron chi connectivity index (χ1n) is 5.05. The van der Waals surface area contributed by atoms with Crippen LogP contribution in [0.2, 0.25) is 0 Å². The van der Waals surface area contributed by atoms with Crippen molar-refractivity contribution in [3.05, 3.63) is 36.0 Å². The maximum Gasteiger partial charge on any atom is 0.141 e. The van der Waals surface area contributed by atoms with E-state index in [-0.39, 0.29) is 0 Å². The SMILES string of the molecule is CCn1c(-c2ccccc2)nc(C)c1S. The molecule has 0 radical (unpaired) electrons. The molecule has 0 aliphatic rings. The maximum atomic E-state index is 4.54. The van der Waals surface area contributed by atoms with Crippen molar-refractivity contribution in [3.8, 4) is 11.4 Å². The molecule has 0 aliphatic heterocycles. The van der Waals surface area contributed by atoms with Crippen LogP contribution in [0.25, 0.3) is 11.4 Å². The first-order chi connectivity index (χ1) is 7.24. The molecule has 0 spiro atoms. The fraction of sp³-hybridized carbons (Fsp3) is 0.250. The third-order valence-electron chi connectivity index (χ3n) is 2.46. The first-order valence-corrected chi connectivity index (χ1v) is 5.50. The molecular formula is C12H14N2S. The van der Waals surface area contributed by atoms with E-state index >= 15 is 0 Å². The average molecular weight is 218 g/mol. The second-order valence-electron chi connectivity index (χ2n) is 3.45. The van der Waals surface area contributed by atoms with Gasteiger partial charge in [0.25, 0.3) is 0 Å². The van der Waals surface area contributed by atoms with Crippen LogP contribution in [0.1, 0.15) is 12.6 Å². The number of hydrogen-bond donors (Lipinski definition) is 1. The summed E-state index contributed by atoms with van der Waals surface area (Å²) in [4.78, 5) is 4.54. The number of thiol groups is 1. The molecular weight excluding hydrogens is 204 g/mol. The zero-order chi connectivity index (χ0) is 10.8. The number of nitrogens with zero attached hydrogens (tertiary/aromatic N) is 2. The van der Waals surface area contributed by atoms with Gasteiger partial charge in [0.2, 0.25) is 0 Å². The topological polar surface area (TPSA) is 17.8 Å². The Labute approximate surface area is 95.4 Å². The summed E-state index contributed by atoms with van der Waals surface area (Å²) in [5.74, 6) is 1.00. The Morgan fingerprint density at radius 3 is 2.53 bits per heavy atom. The van der Waals surface area contributed by atoms with E-state index < -0.39 is 0 Å². The molecule has 15 heavy (non-hydrogen) atoms. The van der Waals surface area contributed by atoms with Crippen molar-refractivity contribution in [2.24, 2.45) is 0 Å². The standard InChI is InChI=1S/C12H14N2S/c1-3-14-11(13-9(2)12(14)15)10-7-5-4-6-8-10/h4-8,15H,3H2,1-2H3. The summed E-state index contributed by atoms with van der Waals surface area (Å²) >= 11 is 4.46. The minimum absolute atomic E-state index is 0.893. The number of imidazole rings is 1. The van der Waals surface area contributed by atoms with Gasteiger partial charge in [-0.25, -0.2) is 4.98 Å². The highest BCUT2D eigenvalue weighted by atomic mass is 32.1.